The summed E-state index contributed by atoms with van der Waals surface area (Å²) in [4.78, 5) is 23.6. The van der Waals surface area contributed by atoms with Crippen molar-refractivity contribution < 1.29 is 40.7 Å². The number of amides is 1. The molecule has 168 valence electrons. The maximum atomic E-state index is 12.9. The Morgan fingerprint density at radius 1 is 1.13 bits per heavy atom. The molecule has 0 saturated carbocycles. The molecule has 0 bridgehead atoms. The molecule has 0 aliphatic carbocycles. The normalized spacial score (nSPS) is 15.9. The second-order valence-corrected chi connectivity index (χ2v) is 8.59. The lowest BCUT2D eigenvalue weighted by Crippen LogP contribution is -2.36. The van der Waals surface area contributed by atoms with Gasteiger partial charge in [-0.1, -0.05) is 12.8 Å². The molecule has 30 heavy (non-hydrogen) atoms. The summed E-state index contributed by atoms with van der Waals surface area (Å²) in [5.74, 6) is -2.24. The van der Waals surface area contributed by atoms with Crippen LogP contribution in [0.2, 0.25) is 0 Å². The zero-order chi connectivity index (χ0) is 22.4. The third kappa shape index (κ3) is 6.59. The Morgan fingerprint density at radius 3 is 2.33 bits per heavy atom. The van der Waals surface area contributed by atoms with Crippen molar-refractivity contribution in [2.75, 3.05) is 33.4 Å². The van der Waals surface area contributed by atoms with Crippen LogP contribution >= 0.6 is 0 Å². The van der Waals surface area contributed by atoms with E-state index < -0.39 is 41.2 Å². The van der Waals surface area contributed by atoms with E-state index in [-0.39, 0.29) is 16.2 Å². The van der Waals surface area contributed by atoms with E-state index >= 15 is 0 Å². The van der Waals surface area contributed by atoms with Gasteiger partial charge in [0.1, 0.15) is 17.9 Å². The van der Waals surface area contributed by atoms with Gasteiger partial charge in [0, 0.05) is 13.1 Å². The molecule has 1 saturated heterocycles. The fourth-order valence-electron chi connectivity index (χ4n) is 2.90. The Kier molecular flexibility index (Phi) is 8.07. The third-order valence-electron chi connectivity index (χ3n) is 4.41. The SMILES string of the molecule is COc1ccc(S(=O)(=O)N2CCCCCC2)cc1C(=O)OCC(=O)NCC(F)(F)F. The lowest BCUT2D eigenvalue weighted by atomic mass is 10.2. The molecule has 1 amide bonds. The van der Waals surface area contributed by atoms with Crippen LogP contribution in [0.3, 0.4) is 0 Å². The molecule has 1 N–H and O–H groups in total. The van der Waals surface area contributed by atoms with Gasteiger partial charge < -0.3 is 14.8 Å². The molecule has 8 nitrogen and oxygen atoms in total. The van der Waals surface area contributed by atoms with E-state index in [4.69, 9.17) is 9.47 Å². The van der Waals surface area contributed by atoms with Gasteiger partial charge in [-0.15, -0.1) is 0 Å². The molecule has 1 aromatic carbocycles. The summed E-state index contributed by atoms with van der Waals surface area (Å²) < 4.78 is 73.3. The lowest BCUT2D eigenvalue weighted by Gasteiger charge is -2.20. The van der Waals surface area contributed by atoms with Crippen LogP contribution in [0.1, 0.15) is 36.0 Å². The van der Waals surface area contributed by atoms with Crippen molar-refractivity contribution in [2.24, 2.45) is 0 Å². The average Bonchev–Trinajstić information content (AvgIpc) is 2.99. The van der Waals surface area contributed by atoms with Gasteiger partial charge in [0.05, 0.1) is 12.0 Å². The average molecular weight is 452 g/mol. The number of alkyl halides is 3. The van der Waals surface area contributed by atoms with Crippen LogP contribution in [-0.4, -0.2) is 64.1 Å². The number of rotatable bonds is 7. The highest BCUT2D eigenvalue weighted by Gasteiger charge is 2.29. The van der Waals surface area contributed by atoms with Crippen LogP contribution < -0.4 is 10.1 Å². The van der Waals surface area contributed by atoms with Crippen molar-refractivity contribution >= 4 is 21.9 Å². The Hall–Kier alpha value is -2.34. The van der Waals surface area contributed by atoms with Crippen LogP contribution in [0.5, 0.6) is 5.75 Å². The van der Waals surface area contributed by atoms with Crippen LogP contribution in [0, 0.1) is 0 Å². The summed E-state index contributed by atoms with van der Waals surface area (Å²) in [6.07, 6.45) is -1.27. The van der Waals surface area contributed by atoms with Gasteiger partial charge in [0.15, 0.2) is 6.61 Å². The van der Waals surface area contributed by atoms with E-state index in [9.17, 15) is 31.2 Å². The number of methoxy groups -OCH3 is 1. The Balaban J connectivity index is 2.15. The molecule has 1 aliphatic rings. The van der Waals surface area contributed by atoms with Crippen molar-refractivity contribution in [1.82, 2.24) is 9.62 Å². The number of hydrogen-bond acceptors (Lipinski definition) is 6. The number of ether oxygens (including phenoxy) is 2. The molecule has 2 rings (SSSR count). The molecular formula is C18H23F3N2O6S. The fourth-order valence-corrected chi connectivity index (χ4v) is 4.44. The predicted molar refractivity (Wildman–Crippen MR) is 99.6 cm³/mol. The summed E-state index contributed by atoms with van der Waals surface area (Å²) >= 11 is 0. The van der Waals surface area contributed by atoms with Gasteiger partial charge in [-0.2, -0.15) is 17.5 Å². The summed E-state index contributed by atoms with van der Waals surface area (Å²) in [5.41, 5.74) is -0.253. The number of sulfonamides is 1. The van der Waals surface area contributed by atoms with E-state index in [0.29, 0.717) is 13.1 Å². The van der Waals surface area contributed by atoms with Crippen molar-refractivity contribution in [3.05, 3.63) is 23.8 Å². The highest BCUT2D eigenvalue weighted by atomic mass is 32.2. The topological polar surface area (TPSA) is 102 Å². The van der Waals surface area contributed by atoms with Gasteiger partial charge in [0.25, 0.3) is 5.91 Å². The molecular weight excluding hydrogens is 429 g/mol. The minimum Gasteiger partial charge on any atom is -0.496 e. The number of nitrogens with one attached hydrogen (secondary N) is 1. The highest BCUT2D eigenvalue weighted by Crippen LogP contribution is 2.26. The van der Waals surface area contributed by atoms with E-state index in [1.807, 2.05) is 0 Å². The Bertz CT molecular complexity index is 865. The van der Waals surface area contributed by atoms with Crippen molar-refractivity contribution in [1.29, 1.82) is 0 Å². The third-order valence-corrected chi connectivity index (χ3v) is 6.31. The zero-order valence-corrected chi connectivity index (χ0v) is 17.1. The molecule has 12 heteroatoms. The molecule has 1 aromatic rings. The first kappa shape index (κ1) is 23.9. The molecule has 1 fully saturated rings. The van der Waals surface area contributed by atoms with Crippen molar-refractivity contribution in [3.8, 4) is 5.75 Å². The minimum absolute atomic E-state index is 0.00511. The monoisotopic (exact) mass is 452 g/mol. The molecule has 0 spiro atoms. The summed E-state index contributed by atoms with van der Waals surface area (Å²) in [7, 11) is -2.60. The van der Waals surface area contributed by atoms with E-state index in [1.165, 1.54) is 23.5 Å². The minimum atomic E-state index is -4.60. The van der Waals surface area contributed by atoms with Crippen molar-refractivity contribution in [2.45, 2.75) is 36.8 Å². The molecule has 0 atom stereocenters. The molecule has 0 radical (unpaired) electrons. The molecule has 0 unspecified atom stereocenters. The summed E-state index contributed by atoms with van der Waals surface area (Å²) in [5, 5.41) is 1.57. The number of carbonyl (C=O) groups is 2. The largest absolute Gasteiger partial charge is 0.496 e. The number of halogens is 3. The van der Waals surface area contributed by atoms with Crippen LogP contribution in [0.4, 0.5) is 13.2 Å². The maximum Gasteiger partial charge on any atom is 0.405 e. The van der Waals surface area contributed by atoms with Gasteiger partial charge in [-0.3, -0.25) is 4.79 Å². The van der Waals surface area contributed by atoms with Gasteiger partial charge in [0.2, 0.25) is 10.0 Å². The predicted octanol–water partition coefficient (Wildman–Crippen LogP) is 2.10. The standard InChI is InChI=1S/C18H23F3N2O6S/c1-28-15-7-6-13(30(26,27)23-8-4-2-3-5-9-23)10-14(15)17(25)29-11-16(24)22-12-18(19,20)21/h6-7,10H,2-5,8-9,11-12H2,1H3,(H,22,24). The Morgan fingerprint density at radius 2 is 1.77 bits per heavy atom. The van der Waals surface area contributed by atoms with Crippen LogP contribution in [0.25, 0.3) is 0 Å². The van der Waals surface area contributed by atoms with Gasteiger partial charge in [-0.25, -0.2) is 13.2 Å². The smallest absolute Gasteiger partial charge is 0.405 e. The van der Waals surface area contributed by atoms with Gasteiger partial charge in [-0.05, 0) is 31.0 Å². The van der Waals surface area contributed by atoms with E-state index in [2.05, 4.69) is 0 Å². The maximum absolute atomic E-state index is 12.9. The molecule has 1 heterocycles. The summed E-state index contributed by atoms with van der Waals surface area (Å²) in [6, 6.07) is 3.66. The first-order valence-electron chi connectivity index (χ1n) is 9.23. The van der Waals surface area contributed by atoms with E-state index in [0.717, 1.165) is 31.7 Å². The Labute approximate surface area is 172 Å². The zero-order valence-electron chi connectivity index (χ0n) is 16.3. The first-order valence-corrected chi connectivity index (χ1v) is 10.7. The first-order chi connectivity index (χ1) is 14.0. The lowest BCUT2D eigenvalue weighted by molar-refractivity contribution is -0.140. The molecule has 0 aromatic heterocycles. The number of benzene rings is 1. The number of carbonyl (C=O) groups excluding carboxylic acids is 2. The second-order valence-electron chi connectivity index (χ2n) is 6.65. The fraction of sp³-hybridized carbons (Fsp3) is 0.556. The van der Waals surface area contributed by atoms with Crippen LogP contribution in [-0.2, 0) is 19.6 Å². The highest BCUT2D eigenvalue weighted by molar-refractivity contribution is 7.89. The van der Waals surface area contributed by atoms with Crippen LogP contribution in [0.15, 0.2) is 23.1 Å². The second kappa shape index (κ2) is 10.1. The van der Waals surface area contributed by atoms with Crippen molar-refractivity contribution in [3.63, 3.8) is 0 Å². The molecule has 1 aliphatic heterocycles. The van der Waals surface area contributed by atoms with E-state index in [1.54, 1.807) is 5.32 Å². The number of esters is 1. The quantitative estimate of drug-likeness (QED) is 0.636. The number of hydrogen-bond donors (Lipinski definition) is 1. The summed E-state index contributed by atoms with van der Waals surface area (Å²) in [6.45, 7) is -1.78. The number of nitrogens with zero attached hydrogens (tertiary/aromatic N) is 1. The van der Waals surface area contributed by atoms with Gasteiger partial charge >= 0.3 is 12.1 Å².